The minimum atomic E-state index is -0.598. The van der Waals surface area contributed by atoms with Crippen LogP contribution in [-0.4, -0.2) is 30.1 Å². The van der Waals surface area contributed by atoms with E-state index >= 15 is 0 Å². The first-order valence-electron chi connectivity index (χ1n) is 11.0. The van der Waals surface area contributed by atoms with Crippen LogP contribution < -0.4 is 0 Å². The lowest BCUT2D eigenvalue weighted by molar-refractivity contribution is -0.0335. The fraction of sp³-hybridized carbons (Fsp3) is 0.222. The topological polar surface area (TPSA) is 63.3 Å². The molecule has 6 rings (SSSR count). The normalized spacial score (nSPS) is 20.5. The van der Waals surface area contributed by atoms with Crippen LogP contribution in [-0.2, 0) is 0 Å². The van der Waals surface area contributed by atoms with Crippen molar-refractivity contribution in [1.82, 2.24) is 19.4 Å². The maximum Gasteiger partial charge on any atom is 0.117 e. The van der Waals surface area contributed by atoms with Gasteiger partial charge in [-0.25, -0.2) is 9.97 Å². The van der Waals surface area contributed by atoms with Gasteiger partial charge in [0.2, 0.25) is 0 Å². The fourth-order valence-electron chi connectivity index (χ4n) is 4.93. The summed E-state index contributed by atoms with van der Waals surface area (Å²) in [7, 11) is 0. The molecule has 0 unspecified atom stereocenters. The number of aryl methyl sites for hydroxylation is 1. The molecule has 5 aromatic rings. The van der Waals surface area contributed by atoms with Crippen LogP contribution in [0.2, 0.25) is 0 Å². The summed E-state index contributed by atoms with van der Waals surface area (Å²) in [6.07, 6.45) is 5.26. The van der Waals surface area contributed by atoms with E-state index in [-0.39, 0.29) is 5.92 Å². The molecular weight excluding hydrogens is 396 g/mol. The third-order valence-electron chi connectivity index (χ3n) is 6.54. The molecule has 0 spiro atoms. The fourth-order valence-corrected chi connectivity index (χ4v) is 4.93. The molecule has 1 N–H and O–H groups in total. The standard InChI is InChI=1S/C27H24N4O/c1-17-25-24(30-26(31(25)13-12-28-17)21-15-27(2,32)16-21)20-9-8-19-10-11-22(29-23(19)14-20)18-6-4-3-5-7-18/h3-14,21,32H,15-16H2,1-2H3/t21-,27+. The largest absolute Gasteiger partial charge is 0.390 e. The van der Waals surface area contributed by atoms with Crippen molar-refractivity contribution in [3.63, 3.8) is 0 Å². The first kappa shape index (κ1) is 19.1. The Kier molecular flexibility index (Phi) is 4.17. The van der Waals surface area contributed by atoms with Gasteiger partial charge in [-0.05, 0) is 38.8 Å². The molecule has 3 aromatic heterocycles. The highest BCUT2D eigenvalue weighted by molar-refractivity contribution is 5.89. The molecule has 0 radical (unpaired) electrons. The van der Waals surface area contributed by atoms with Crippen molar-refractivity contribution >= 4 is 16.4 Å². The van der Waals surface area contributed by atoms with Gasteiger partial charge in [-0.2, -0.15) is 0 Å². The summed E-state index contributed by atoms with van der Waals surface area (Å²) in [5.74, 6) is 1.24. The molecule has 2 aromatic carbocycles. The smallest absolute Gasteiger partial charge is 0.117 e. The average molecular weight is 421 g/mol. The van der Waals surface area contributed by atoms with E-state index in [1.165, 1.54) is 0 Å². The first-order valence-corrected chi connectivity index (χ1v) is 11.0. The van der Waals surface area contributed by atoms with Gasteiger partial charge in [0, 0.05) is 34.8 Å². The Hall–Kier alpha value is -3.57. The van der Waals surface area contributed by atoms with Gasteiger partial charge in [-0.3, -0.25) is 9.38 Å². The van der Waals surface area contributed by atoms with Crippen molar-refractivity contribution in [1.29, 1.82) is 0 Å². The molecule has 0 amide bonds. The Morgan fingerprint density at radius 1 is 0.969 bits per heavy atom. The lowest BCUT2D eigenvalue weighted by Gasteiger charge is -2.40. The lowest BCUT2D eigenvalue weighted by Crippen LogP contribution is -2.40. The summed E-state index contributed by atoms with van der Waals surface area (Å²) in [5, 5.41) is 11.4. The summed E-state index contributed by atoms with van der Waals surface area (Å²) in [5.41, 5.74) is 6.32. The van der Waals surface area contributed by atoms with E-state index in [9.17, 15) is 5.11 Å². The molecular formula is C27H24N4O. The van der Waals surface area contributed by atoms with Crippen LogP contribution in [0, 0.1) is 6.92 Å². The number of nitrogens with zero attached hydrogens (tertiary/aromatic N) is 4. The summed E-state index contributed by atoms with van der Waals surface area (Å²) in [6.45, 7) is 3.92. The van der Waals surface area contributed by atoms with E-state index in [1.807, 2.05) is 44.4 Å². The zero-order valence-electron chi connectivity index (χ0n) is 18.2. The van der Waals surface area contributed by atoms with Gasteiger partial charge in [0.05, 0.1) is 33.7 Å². The number of rotatable bonds is 3. The third kappa shape index (κ3) is 3.09. The van der Waals surface area contributed by atoms with E-state index in [1.54, 1.807) is 0 Å². The van der Waals surface area contributed by atoms with Gasteiger partial charge in [-0.1, -0.05) is 48.5 Å². The molecule has 0 bridgehead atoms. The van der Waals surface area contributed by atoms with Crippen LogP contribution in [0.15, 0.2) is 73.1 Å². The quantitative estimate of drug-likeness (QED) is 0.416. The maximum absolute atomic E-state index is 10.3. The highest BCUT2D eigenvalue weighted by Crippen LogP contribution is 2.45. The van der Waals surface area contributed by atoms with Crippen LogP contribution in [0.1, 0.15) is 37.2 Å². The molecule has 0 aliphatic heterocycles. The molecule has 158 valence electrons. The lowest BCUT2D eigenvalue weighted by atomic mass is 9.72. The first-order chi connectivity index (χ1) is 15.5. The van der Waals surface area contributed by atoms with Crippen LogP contribution in [0.25, 0.3) is 38.9 Å². The van der Waals surface area contributed by atoms with Gasteiger partial charge >= 0.3 is 0 Å². The minimum absolute atomic E-state index is 0.247. The summed E-state index contributed by atoms with van der Waals surface area (Å²) < 4.78 is 2.15. The van der Waals surface area contributed by atoms with Crippen molar-refractivity contribution in [3.05, 3.63) is 84.6 Å². The van der Waals surface area contributed by atoms with Crippen LogP contribution >= 0.6 is 0 Å². The highest BCUT2D eigenvalue weighted by atomic mass is 16.3. The van der Waals surface area contributed by atoms with E-state index in [2.05, 4.69) is 51.8 Å². The van der Waals surface area contributed by atoms with E-state index in [0.29, 0.717) is 0 Å². The van der Waals surface area contributed by atoms with Gasteiger partial charge in [0.15, 0.2) is 0 Å². The molecule has 1 aliphatic rings. The highest BCUT2D eigenvalue weighted by Gasteiger charge is 2.41. The molecule has 1 aliphatic carbocycles. The second kappa shape index (κ2) is 6.97. The molecule has 5 nitrogen and oxygen atoms in total. The van der Waals surface area contributed by atoms with Crippen molar-refractivity contribution in [3.8, 4) is 22.5 Å². The van der Waals surface area contributed by atoms with E-state index in [0.717, 1.165) is 63.3 Å². The van der Waals surface area contributed by atoms with Crippen molar-refractivity contribution in [2.75, 3.05) is 0 Å². The predicted octanol–water partition coefficient (Wildman–Crippen LogP) is 5.55. The number of hydrogen-bond acceptors (Lipinski definition) is 4. The molecule has 5 heteroatoms. The Bertz CT molecular complexity index is 1460. The van der Waals surface area contributed by atoms with Crippen molar-refractivity contribution in [2.24, 2.45) is 0 Å². The number of benzene rings is 2. The summed E-state index contributed by atoms with van der Waals surface area (Å²) in [4.78, 5) is 14.5. The molecule has 1 saturated carbocycles. The van der Waals surface area contributed by atoms with Gasteiger partial charge in [-0.15, -0.1) is 0 Å². The second-order valence-electron chi connectivity index (χ2n) is 9.12. The Morgan fingerprint density at radius 2 is 1.75 bits per heavy atom. The number of aliphatic hydroxyl groups is 1. The van der Waals surface area contributed by atoms with Crippen molar-refractivity contribution < 1.29 is 5.11 Å². The van der Waals surface area contributed by atoms with Crippen LogP contribution in [0.3, 0.4) is 0 Å². The SMILES string of the molecule is Cc1nccn2c1c(-c1ccc3ccc(-c4ccccc4)nc3c1)nc2[C@H]1C[C@@](C)(O)C1. The Labute approximate surface area is 186 Å². The zero-order chi connectivity index (χ0) is 21.9. The predicted molar refractivity (Wildman–Crippen MR) is 126 cm³/mol. The Balaban J connectivity index is 1.50. The number of fused-ring (bicyclic) bond motifs is 2. The zero-order valence-corrected chi connectivity index (χ0v) is 18.2. The number of hydrogen-bond donors (Lipinski definition) is 1. The van der Waals surface area contributed by atoms with Gasteiger partial charge < -0.3 is 5.11 Å². The second-order valence-corrected chi connectivity index (χ2v) is 9.12. The molecule has 3 heterocycles. The van der Waals surface area contributed by atoms with E-state index in [4.69, 9.17) is 9.97 Å². The summed E-state index contributed by atoms with van der Waals surface area (Å²) >= 11 is 0. The van der Waals surface area contributed by atoms with Crippen LogP contribution in [0.4, 0.5) is 0 Å². The van der Waals surface area contributed by atoms with Crippen molar-refractivity contribution in [2.45, 2.75) is 38.2 Å². The molecule has 0 atom stereocenters. The summed E-state index contributed by atoms with van der Waals surface area (Å²) in [6, 6.07) is 20.8. The maximum atomic E-state index is 10.3. The number of aromatic nitrogens is 4. The number of imidazole rings is 1. The van der Waals surface area contributed by atoms with Gasteiger partial charge in [0.25, 0.3) is 0 Å². The Morgan fingerprint density at radius 3 is 2.53 bits per heavy atom. The van der Waals surface area contributed by atoms with E-state index < -0.39 is 5.60 Å². The van der Waals surface area contributed by atoms with Crippen LogP contribution in [0.5, 0.6) is 0 Å². The molecule has 32 heavy (non-hydrogen) atoms. The molecule has 1 fully saturated rings. The molecule has 0 saturated heterocycles. The monoisotopic (exact) mass is 420 g/mol. The minimum Gasteiger partial charge on any atom is -0.390 e. The number of pyridine rings is 1. The van der Waals surface area contributed by atoms with Gasteiger partial charge in [0.1, 0.15) is 5.82 Å². The average Bonchev–Trinajstić information content (AvgIpc) is 3.18. The third-order valence-corrected chi connectivity index (χ3v) is 6.54.